The summed E-state index contributed by atoms with van der Waals surface area (Å²) < 4.78 is 28.0. The Hall–Kier alpha value is -2.93. The first kappa shape index (κ1) is 31.6. The number of sulfonamides is 1. The van der Waals surface area contributed by atoms with Gasteiger partial charge in [0, 0.05) is 62.7 Å². The molecule has 0 bridgehead atoms. The van der Waals surface area contributed by atoms with Gasteiger partial charge >= 0.3 is 6.03 Å². The predicted octanol–water partition coefficient (Wildman–Crippen LogP) is 3.73. The van der Waals surface area contributed by atoms with Gasteiger partial charge < -0.3 is 10.6 Å². The number of aliphatic imine (C=N–C) groups is 1. The van der Waals surface area contributed by atoms with Gasteiger partial charge in [-0.2, -0.15) is 4.31 Å². The van der Waals surface area contributed by atoms with Crippen molar-refractivity contribution in [1.29, 1.82) is 0 Å². The molecule has 3 rings (SSSR count). The number of piperazine rings is 1. The molecule has 0 saturated carbocycles. The minimum Gasteiger partial charge on any atom is -0.348 e. The molecule has 1 aromatic carbocycles. The maximum Gasteiger partial charge on any atom is 0.319 e. The number of nitrogens with zero attached hydrogens (tertiary/aromatic N) is 3. The van der Waals surface area contributed by atoms with E-state index in [1.165, 1.54) is 11.4 Å². The highest BCUT2D eigenvalue weighted by Crippen LogP contribution is 2.35. The van der Waals surface area contributed by atoms with E-state index in [-0.39, 0.29) is 23.3 Å². The van der Waals surface area contributed by atoms with Crippen LogP contribution in [0.15, 0.2) is 56.9 Å². The van der Waals surface area contributed by atoms with Crippen molar-refractivity contribution in [2.45, 2.75) is 47.1 Å². The van der Waals surface area contributed by atoms with E-state index >= 15 is 0 Å². The van der Waals surface area contributed by atoms with Gasteiger partial charge in [-0.05, 0) is 57.2 Å². The van der Waals surface area contributed by atoms with Gasteiger partial charge in [0.2, 0.25) is 10.0 Å². The largest absolute Gasteiger partial charge is 0.348 e. The molecule has 12 heteroatoms. The molecule has 1 atom stereocenters. The zero-order valence-electron chi connectivity index (χ0n) is 24.1. The number of hydrogen-bond donors (Lipinski definition) is 3. The molecule has 40 heavy (non-hydrogen) atoms. The molecule has 0 unspecified atom stereocenters. The summed E-state index contributed by atoms with van der Waals surface area (Å²) in [5, 5.41) is 8.08. The number of amidine groups is 1. The van der Waals surface area contributed by atoms with Crippen LogP contribution in [0.3, 0.4) is 0 Å². The monoisotopic (exact) mass is 588 g/mol. The minimum atomic E-state index is -3.70. The summed E-state index contributed by atoms with van der Waals surface area (Å²) in [5.74, 6) is 0.171. The van der Waals surface area contributed by atoms with Crippen molar-refractivity contribution < 1.29 is 18.0 Å². The summed E-state index contributed by atoms with van der Waals surface area (Å²) in [4.78, 5) is 33.3. The highest BCUT2D eigenvalue weighted by Gasteiger charge is 2.34. The van der Waals surface area contributed by atoms with E-state index in [4.69, 9.17) is 0 Å². The zero-order valence-corrected chi connectivity index (χ0v) is 25.8. The molecule has 0 spiro atoms. The summed E-state index contributed by atoms with van der Waals surface area (Å²) in [6.07, 6.45) is 0.0626. The van der Waals surface area contributed by atoms with E-state index in [2.05, 4.69) is 32.4 Å². The zero-order chi connectivity index (χ0) is 29.6. The molecule has 1 fully saturated rings. The first-order chi connectivity index (χ1) is 18.8. The van der Waals surface area contributed by atoms with Crippen LogP contribution in [-0.2, 0) is 10.0 Å². The number of hydrogen-bond acceptors (Lipinski definition) is 7. The highest BCUT2D eigenvalue weighted by atomic mass is 32.2. The molecule has 0 aromatic heterocycles. The fraction of sp³-hybridized carbons (Fsp3) is 0.464. The highest BCUT2D eigenvalue weighted by molar-refractivity contribution is 8.11. The van der Waals surface area contributed by atoms with Crippen molar-refractivity contribution >= 4 is 44.5 Å². The standard InChI is InChI=1S/C28H40N6O4S2/c1-18(2)26(39-19(3)4)22-9-8-10-23(15-22)27(35)30-20(5)17-33-11-13-34(14-12-33)40(37,38)24-16-25(31-21(24)6)32-28(36)29-7/h8-10,15,20H,3,11-14,16-17H2,1-2,4-7H3,(H,30,35)(H2,29,31,32,36)/t20-/m0/s1. The lowest BCUT2D eigenvalue weighted by Crippen LogP contribution is -2.52. The van der Waals surface area contributed by atoms with Crippen molar-refractivity contribution in [3.05, 3.63) is 63.1 Å². The second-order valence-electron chi connectivity index (χ2n) is 10.2. The van der Waals surface area contributed by atoms with Gasteiger partial charge in [-0.25, -0.2) is 18.2 Å². The number of urea groups is 1. The van der Waals surface area contributed by atoms with Crippen LogP contribution in [0.25, 0.3) is 4.91 Å². The first-order valence-corrected chi connectivity index (χ1v) is 15.5. The molecule has 1 saturated heterocycles. The van der Waals surface area contributed by atoms with Crippen molar-refractivity contribution in [1.82, 2.24) is 25.2 Å². The molecule has 3 amide bonds. The van der Waals surface area contributed by atoms with E-state index in [1.807, 2.05) is 52.0 Å². The van der Waals surface area contributed by atoms with Gasteiger partial charge in [-0.3, -0.25) is 15.0 Å². The van der Waals surface area contributed by atoms with Gasteiger partial charge in [0.15, 0.2) is 0 Å². The van der Waals surface area contributed by atoms with Crippen molar-refractivity contribution in [2.24, 2.45) is 4.99 Å². The minimum absolute atomic E-state index is 0.0626. The quantitative estimate of drug-likeness (QED) is 0.404. The Bertz CT molecular complexity index is 1350. The lowest BCUT2D eigenvalue weighted by Gasteiger charge is -2.35. The van der Waals surface area contributed by atoms with Crippen LogP contribution in [0.4, 0.5) is 4.79 Å². The van der Waals surface area contributed by atoms with Gasteiger partial charge in [-0.15, -0.1) is 0 Å². The summed E-state index contributed by atoms with van der Waals surface area (Å²) in [7, 11) is -2.21. The maximum atomic E-state index is 13.3. The van der Waals surface area contributed by atoms with E-state index in [0.717, 1.165) is 20.9 Å². The van der Waals surface area contributed by atoms with Gasteiger partial charge in [0.05, 0.1) is 10.6 Å². The Morgan fingerprint density at radius 1 is 1.12 bits per heavy atom. The topological polar surface area (TPSA) is 123 Å². The van der Waals surface area contributed by atoms with Gasteiger partial charge in [0.1, 0.15) is 5.84 Å². The lowest BCUT2D eigenvalue weighted by atomic mass is 10.1. The lowest BCUT2D eigenvalue weighted by molar-refractivity contribution is 0.0922. The molecule has 0 radical (unpaired) electrons. The Balaban J connectivity index is 1.54. The summed E-state index contributed by atoms with van der Waals surface area (Å²) in [6.45, 7) is 16.0. The van der Waals surface area contributed by atoms with Crippen LogP contribution in [0.1, 0.15) is 57.0 Å². The number of allylic oxidation sites excluding steroid dienone is 3. The predicted molar refractivity (Wildman–Crippen MR) is 163 cm³/mol. The third-order valence-corrected chi connectivity index (χ3v) is 9.83. The van der Waals surface area contributed by atoms with Crippen LogP contribution in [-0.4, -0.2) is 81.2 Å². The molecule has 1 aromatic rings. The molecule has 3 N–H and O–H groups in total. The smallest absolute Gasteiger partial charge is 0.319 e. The number of nitrogens with one attached hydrogen (secondary N) is 3. The van der Waals surface area contributed by atoms with Crippen LogP contribution in [0.2, 0.25) is 0 Å². The fourth-order valence-electron chi connectivity index (χ4n) is 4.60. The van der Waals surface area contributed by atoms with Crippen molar-refractivity contribution in [3.8, 4) is 0 Å². The average Bonchev–Trinajstić information content (AvgIpc) is 3.27. The van der Waals surface area contributed by atoms with Crippen molar-refractivity contribution in [3.63, 3.8) is 0 Å². The van der Waals surface area contributed by atoms with Crippen LogP contribution >= 0.6 is 11.8 Å². The van der Waals surface area contributed by atoms with E-state index in [1.54, 1.807) is 18.7 Å². The van der Waals surface area contributed by atoms with E-state index in [0.29, 0.717) is 49.8 Å². The SMILES string of the molecule is C=C(C)SC(=C(C)C)c1cccc(C(=O)N[C@@H](C)CN2CCN(S(=O)(=O)C3=C(C)N=C(NC(=O)NC)C3)CC2)c1. The third kappa shape index (κ3) is 8.06. The number of carbonyl (C=O) groups is 2. The molecule has 2 heterocycles. The number of thioether (sulfide) groups is 1. The summed E-state index contributed by atoms with van der Waals surface area (Å²) in [6, 6.07) is 7.04. The normalized spacial score (nSPS) is 17.2. The first-order valence-electron chi connectivity index (χ1n) is 13.2. The third-order valence-electron chi connectivity index (χ3n) is 6.53. The Morgan fingerprint density at radius 3 is 2.38 bits per heavy atom. The second-order valence-corrected chi connectivity index (χ2v) is 13.5. The molecule has 0 aliphatic carbocycles. The number of benzene rings is 1. The fourth-order valence-corrected chi connectivity index (χ4v) is 7.09. The van der Waals surface area contributed by atoms with Crippen molar-refractivity contribution in [2.75, 3.05) is 39.8 Å². The second kappa shape index (κ2) is 13.6. The molecule has 2 aliphatic heterocycles. The van der Waals surface area contributed by atoms with Gasteiger partial charge in [-0.1, -0.05) is 36.0 Å². The molecule has 2 aliphatic rings. The molecular formula is C28H40N6O4S2. The number of amides is 3. The molecular weight excluding hydrogens is 548 g/mol. The van der Waals surface area contributed by atoms with Crippen LogP contribution < -0.4 is 16.0 Å². The van der Waals surface area contributed by atoms with E-state index < -0.39 is 16.1 Å². The maximum absolute atomic E-state index is 13.3. The summed E-state index contributed by atoms with van der Waals surface area (Å²) >= 11 is 1.60. The average molecular weight is 589 g/mol. The van der Waals surface area contributed by atoms with Crippen LogP contribution in [0, 0.1) is 0 Å². The number of carbonyl (C=O) groups excluding carboxylic acids is 2. The Kier molecular flexibility index (Phi) is 10.8. The number of rotatable bonds is 9. The van der Waals surface area contributed by atoms with Crippen LogP contribution in [0.5, 0.6) is 0 Å². The Labute approximate surface area is 242 Å². The Morgan fingerprint density at radius 2 is 1.77 bits per heavy atom. The van der Waals surface area contributed by atoms with Gasteiger partial charge in [0.25, 0.3) is 5.91 Å². The van der Waals surface area contributed by atoms with E-state index in [9.17, 15) is 18.0 Å². The summed E-state index contributed by atoms with van der Waals surface area (Å²) in [5.41, 5.74) is 3.13. The molecule has 218 valence electrons. The molecule has 10 nitrogen and oxygen atoms in total.